The van der Waals surface area contributed by atoms with E-state index < -0.39 is 5.91 Å². The second-order valence-corrected chi connectivity index (χ2v) is 8.36. The maximum atomic E-state index is 13.0. The first-order valence-electron chi connectivity index (χ1n) is 11.9. The minimum absolute atomic E-state index is 0.00884. The Balaban J connectivity index is 1.68. The molecule has 3 aromatic carbocycles. The Morgan fingerprint density at radius 3 is 2.36 bits per heavy atom. The van der Waals surface area contributed by atoms with E-state index >= 15 is 0 Å². The molecule has 1 atom stereocenters. The fraction of sp³-hybridized carbons (Fsp3) is 0.167. The Morgan fingerprint density at radius 1 is 1.06 bits per heavy atom. The monoisotopic (exact) mass is 476 g/mol. The van der Waals surface area contributed by atoms with Crippen molar-refractivity contribution >= 4 is 12.0 Å². The number of aromatic nitrogens is 2. The molecule has 0 spiro atoms. The number of ether oxygens (including phenoxy) is 1. The summed E-state index contributed by atoms with van der Waals surface area (Å²) < 4.78 is 7.46. The van der Waals surface area contributed by atoms with Crippen LogP contribution in [0.5, 0.6) is 5.75 Å². The van der Waals surface area contributed by atoms with Gasteiger partial charge < -0.3 is 10.1 Å². The summed E-state index contributed by atoms with van der Waals surface area (Å²) in [6.07, 6.45) is 4.35. The minimum atomic E-state index is -0.435. The molecule has 1 N–H and O–H groups in total. The number of nitrogens with zero attached hydrogens (tertiary/aromatic N) is 3. The van der Waals surface area contributed by atoms with Crippen LogP contribution in [0.1, 0.15) is 37.4 Å². The lowest BCUT2D eigenvalue weighted by molar-refractivity contribution is -0.117. The summed E-state index contributed by atoms with van der Waals surface area (Å²) in [7, 11) is 0. The van der Waals surface area contributed by atoms with Gasteiger partial charge in [-0.2, -0.15) is 10.4 Å². The summed E-state index contributed by atoms with van der Waals surface area (Å²) in [4.78, 5) is 13.0. The molecule has 1 heterocycles. The third-order valence-electron chi connectivity index (χ3n) is 5.68. The number of nitrogens with one attached hydrogen (secondary N) is 1. The number of carbonyl (C=O) groups excluding carboxylic acids is 1. The van der Waals surface area contributed by atoms with Crippen LogP contribution in [0.3, 0.4) is 0 Å². The number of rotatable bonds is 9. The summed E-state index contributed by atoms with van der Waals surface area (Å²) in [5, 5.41) is 17.5. The van der Waals surface area contributed by atoms with E-state index in [-0.39, 0.29) is 11.6 Å². The standard InChI is InChI=1S/C30H28N4O2/c1-3-18-36-28-16-14-24(15-17-28)29-26(21-34(33-29)27-12-8-5-9-13-27)19-25(20-31)30(35)32-22(2)23-10-6-4-7-11-23/h4-17,19,21-22H,3,18H2,1-2H3,(H,32,35)/b25-19+. The van der Waals surface area contributed by atoms with Crippen molar-refractivity contribution in [3.63, 3.8) is 0 Å². The topological polar surface area (TPSA) is 79.9 Å². The summed E-state index contributed by atoms with van der Waals surface area (Å²) in [5.74, 6) is 0.350. The predicted molar refractivity (Wildman–Crippen MR) is 141 cm³/mol. The Kier molecular flexibility index (Phi) is 7.94. The van der Waals surface area contributed by atoms with Gasteiger partial charge in [-0.1, -0.05) is 55.5 Å². The van der Waals surface area contributed by atoms with Crippen molar-refractivity contribution in [2.75, 3.05) is 6.61 Å². The van der Waals surface area contributed by atoms with Crippen LogP contribution in [0.15, 0.2) is 96.7 Å². The van der Waals surface area contributed by atoms with Crippen LogP contribution >= 0.6 is 0 Å². The largest absolute Gasteiger partial charge is 0.494 e. The van der Waals surface area contributed by atoms with Crippen LogP contribution in [-0.4, -0.2) is 22.3 Å². The third kappa shape index (κ3) is 5.89. The number of amides is 1. The fourth-order valence-corrected chi connectivity index (χ4v) is 3.76. The third-order valence-corrected chi connectivity index (χ3v) is 5.68. The summed E-state index contributed by atoms with van der Waals surface area (Å²) in [5.41, 5.74) is 4.04. The van der Waals surface area contributed by atoms with Gasteiger partial charge >= 0.3 is 0 Å². The first-order chi connectivity index (χ1) is 17.6. The summed E-state index contributed by atoms with van der Waals surface area (Å²) >= 11 is 0. The molecule has 0 saturated carbocycles. The predicted octanol–water partition coefficient (Wildman–Crippen LogP) is 6.11. The molecular weight excluding hydrogens is 448 g/mol. The molecule has 180 valence electrons. The zero-order valence-electron chi connectivity index (χ0n) is 20.4. The first-order valence-corrected chi connectivity index (χ1v) is 11.9. The molecule has 0 fully saturated rings. The normalized spacial score (nSPS) is 12.0. The van der Waals surface area contributed by atoms with Crippen LogP contribution in [0.2, 0.25) is 0 Å². The van der Waals surface area contributed by atoms with Gasteiger partial charge in [-0.05, 0) is 61.4 Å². The smallest absolute Gasteiger partial charge is 0.262 e. The van der Waals surface area contributed by atoms with Gasteiger partial charge in [-0.15, -0.1) is 0 Å². The van der Waals surface area contributed by atoms with Gasteiger partial charge in [0.15, 0.2) is 0 Å². The van der Waals surface area contributed by atoms with Crippen molar-refractivity contribution in [2.24, 2.45) is 0 Å². The lowest BCUT2D eigenvalue weighted by Crippen LogP contribution is -2.27. The van der Waals surface area contributed by atoms with E-state index in [1.165, 1.54) is 0 Å². The maximum Gasteiger partial charge on any atom is 0.262 e. The van der Waals surface area contributed by atoms with Gasteiger partial charge in [0.05, 0.1) is 24.0 Å². The summed E-state index contributed by atoms with van der Waals surface area (Å²) in [6, 6.07) is 28.8. The van der Waals surface area contributed by atoms with Crippen LogP contribution < -0.4 is 10.1 Å². The Hall–Kier alpha value is -4.63. The number of nitriles is 1. The van der Waals surface area contributed by atoms with Crippen LogP contribution in [-0.2, 0) is 4.79 Å². The zero-order chi connectivity index (χ0) is 25.3. The molecule has 6 nitrogen and oxygen atoms in total. The molecule has 4 rings (SSSR count). The van der Waals surface area contributed by atoms with Crippen molar-refractivity contribution < 1.29 is 9.53 Å². The van der Waals surface area contributed by atoms with Gasteiger partial charge in [-0.3, -0.25) is 4.79 Å². The molecule has 0 radical (unpaired) electrons. The van der Waals surface area contributed by atoms with Crippen molar-refractivity contribution in [3.8, 4) is 28.8 Å². The molecule has 36 heavy (non-hydrogen) atoms. The quantitative estimate of drug-likeness (QED) is 0.233. The van der Waals surface area contributed by atoms with Crippen LogP contribution in [0, 0.1) is 11.3 Å². The average molecular weight is 477 g/mol. The highest BCUT2D eigenvalue weighted by molar-refractivity contribution is 6.02. The summed E-state index contributed by atoms with van der Waals surface area (Å²) in [6.45, 7) is 4.61. The van der Waals surface area contributed by atoms with E-state index in [1.807, 2.05) is 98.0 Å². The molecule has 1 aromatic heterocycles. The molecule has 0 saturated heterocycles. The molecule has 0 aliphatic heterocycles. The fourth-order valence-electron chi connectivity index (χ4n) is 3.76. The number of carbonyl (C=O) groups is 1. The zero-order valence-corrected chi connectivity index (χ0v) is 20.4. The second-order valence-electron chi connectivity index (χ2n) is 8.36. The average Bonchev–Trinajstić information content (AvgIpc) is 3.35. The van der Waals surface area contributed by atoms with E-state index in [0.717, 1.165) is 29.0 Å². The van der Waals surface area contributed by atoms with E-state index in [4.69, 9.17) is 9.84 Å². The molecule has 1 amide bonds. The van der Waals surface area contributed by atoms with E-state index in [9.17, 15) is 10.1 Å². The van der Waals surface area contributed by atoms with Gasteiger partial charge in [0.25, 0.3) is 5.91 Å². The van der Waals surface area contributed by atoms with Crippen molar-refractivity contribution in [1.29, 1.82) is 5.26 Å². The minimum Gasteiger partial charge on any atom is -0.494 e. The Labute approximate surface area is 211 Å². The highest BCUT2D eigenvalue weighted by Crippen LogP contribution is 2.28. The Bertz CT molecular complexity index is 1370. The van der Waals surface area contributed by atoms with E-state index in [0.29, 0.717) is 17.9 Å². The number of hydrogen-bond donors (Lipinski definition) is 1. The van der Waals surface area contributed by atoms with Gasteiger partial charge in [0.1, 0.15) is 17.4 Å². The van der Waals surface area contributed by atoms with Gasteiger partial charge in [0, 0.05) is 17.3 Å². The Morgan fingerprint density at radius 2 is 1.72 bits per heavy atom. The highest BCUT2D eigenvalue weighted by Gasteiger charge is 2.17. The molecule has 0 aliphatic rings. The molecule has 1 unspecified atom stereocenters. The molecular formula is C30H28N4O2. The van der Waals surface area contributed by atoms with Crippen LogP contribution in [0.25, 0.3) is 23.0 Å². The number of benzene rings is 3. The molecule has 6 heteroatoms. The van der Waals surface area contributed by atoms with Crippen molar-refractivity contribution in [2.45, 2.75) is 26.3 Å². The molecule has 0 bridgehead atoms. The molecule has 4 aromatic rings. The van der Waals surface area contributed by atoms with Gasteiger partial charge in [0.2, 0.25) is 0 Å². The van der Waals surface area contributed by atoms with Crippen molar-refractivity contribution in [3.05, 3.63) is 108 Å². The first kappa shape index (κ1) is 24.5. The molecule has 0 aliphatic carbocycles. The maximum absolute atomic E-state index is 13.0. The van der Waals surface area contributed by atoms with Gasteiger partial charge in [-0.25, -0.2) is 4.68 Å². The SMILES string of the molecule is CCCOc1ccc(-c2nn(-c3ccccc3)cc2/C=C(\C#N)C(=O)NC(C)c2ccccc2)cc1. The lowest BCUT2D eigenvalue weighted by atomic mass is 10.0. The van der Waals surface area contributed by atoms with E-state index in [2.05, 4.69) is 18.3 Å². The number of para-hydroxylation sites is 1. The van der Waals surface area contributed by atoms with Crippen molar-refractivity contribution in [1.82, 2.24) is 15.1 Å². The second kappa shape index (κ2) is 11.7. The van der Waals surface area contributed by atoms with Crippen LogP contribution in [0.4, 0.5) is 0 Å². The lowest BCUT2D eigenvalue weighted by Gasteiger charge is -2.13. The number of hydrogen-bond acceptors (Lipinski definition) is 4. The van der Waals surface area contributed by atoms with E-state index in [1.54, 1.807) is 10.8 Å². The highest BCUT2D eigenvalue weighted by atomic mass is 16.5.